The number of aliphatic hydroxyl groups is 1. The maximum atomic E-state index is 13.1. The molecule has 1 aromatic rings. The highest BCUT2D eigenvalue weighted by molar-refractivity contribution is 7.89. The lowest BCUT2D eigenvalue weighted by atomic mass is 10.1. The smallest absolute Gasteiger partial charge is 0.246 e. The zero-order chi connectivity index (χ0) is 19.5. The number of rotatable bonds is 7. The summed E-state index contributed by atoms with van der Waals surface area (Å²) in [6, 6.07) is 3.47. The van der Waals surface area contributed by atoms with Gasteiger partial charge in [-0.15, -0.1) is 0 Å². The summed E-state index contributed by atoms with van der Waals surface area (Å²) in [7, 11) is 1.73. The number of aryl methyl sites for hydroxylation is 2. The van der Waals surface area contributed by atoms with Gasteiger partial charge in [-0.3, -0.25) is 4.90 Å². The third kappa shape index (κ3) is 4.95. The van der Waals surface area contributed by atoms with Gasteiger partial charge in [0, 0.05) is 39.3 Å². The largest absolute Gasteiger partial charge is 0.495 e. The molecule has 0 bridgehead atoms. The maximum Gasteiger partial charge on any atom is 0.246 e. The van der Waals surface area contributed by atoms with Crippen LogP contribution in [0.2, 0.25) is 0 Å². The molecule has 1 saturated heterocycles. The van der Waals surface area contributed by atoms with Gasteiger partial charge in [0.25, 0.3) is 0 Å². The van der Waals surface area contributed by atoms with Crippen molar-refractivity contribution in [1.29, 1.82) is 0 Å². The molecule has 0 aromatic heterocycles. The van der Waals surface area contributed by atoms with Gasteiger partial charge in [-0.1, -0.05) is 0 Å². The van der Waals surface area contributed by atoms with Gasteiger partial charge in [-0.25, -0.2) is 8.42 Å². The summed E-state index contributed by atoms with van der Waals surface area (Å²) in [6.07, 6.45) is -0.437. The van der Waals surface area contributed by atoms with Crippen LogP contribution in [0.15, 0.2) is 17.0 Å². The maximum absolute atomic E-state index is 13.1. The number of methoxy groups -OCH3 is 1. The summed E-state index contributed by atoms with van der Waals surface area (Å²) in [5.41, 5.74) is 1.93. The van der Waals surface area contributed by atoms with Crippen LogP contribution in [0.5, 0.6) is 5.75 Å². The SMILES string of the molecule is COc1cc(C)c(C)cc1S(=O)(=O)N1CCN(CC(O)CN(C)C)CC1. The predicted octanol–water partition coefficient (Wildman–Crippen LogP) is 0.541. The van der Waals surface area contributed by atoms with E-state index in [4.69, 9.17) is 4.74 Å². The van der Waals surface area contributed by atoms with Crippen molar-refractivity contribution in [2.24, 2.45) is 0 Å². The fourth-order valence-corrected chi connectivity index (χ4v) is 4.84. The quantitative estimate of drug-likeness (QED) is 0.739. The Balaban J connectivity index is 2.08. The van der Waals surface area contributed by atoms with E-state index in [9.17, 15) is 13.5 Å². The molecule has 1 aromatic carbocycles. The Labute approximate surface area is 157 Å². The van der Waals surface area contributed by atoms with Crippen LogP contribution in [0, 0.1) is 13.8 Å². The number of nitrogens with zero attached hydrogens (tertiary/aromatic N) is 3. The van der Waals surface area contributed by atoms with E-state index < -0.39 is 16.1 Å². The molecular weight excluding hydrogens is 354 g/mol. The molecule has 0 saturated carbocycles. The standard InChI is InChI=1S/C18H31N3O4S/c1-14-10-17(25-5)18(11-15(14)2)26(23,24)21-8-6-20(7-9-21)13-16(22)12-19(3)4/h10-11,16,22H,6-9,12-13H2,1-5H3. The second-order valence-corrected chi connectivity index (χ2v) is 9.11. The van der Waals surface area contributed by atoms with E-state index in [2.05, 4.69) is 4.90 Å². The van der Waals surface area contributed by atoms with Crippen molar-refractivity contribution in [1.82, 2.24) is 14.1 Å². The fraction of sp³-hybridized carbons (Fsp3) is 0.667. The minimum absolute atomic E-state index is 0.226. The molecule has 1 aliphatic rings. The van der Waals surface area contributed by atoms with Gasteiger partial charge < -0.3 is 14.7 Å². The Kier molecular flexibility index (Phi) is 7.04. The Morgan fingerprint density at radius 2 is 1.73 bits per heavy atom. The zero-order valence-electron chi connectivity index (χ0n) is 16.4. The average molecular weight is 386 g/mol. The molecule has 8 heteroatoms. The fourth-order valence-electron chi connectivity index (χ4n) is 3.19. The Hall–Kier alpha value is -1.19. The van der Waals surface area contributed by atoms with Gasteiger partial charge in [0.05, 0.1) is 13.2 Å². The first-order valence-corrected chi connectivity index (χ1v) is 10.3. The molecule has 148 valence electrons. The minimum Gasteiger partial charge on any atom is -0.495 e. The lowest BCUT2D eigenvalue weighted by Gasteiger charge is -2.35. The Morgan fingerprint density at radius 3 is 2.27 bits per heavy atom. The number of β-amino-alcohol motifs (C(OH)–C–C–N with tert-alkyl or cyclic N) is 1. The highest BCUT2D eigenvalue weighted by Gasteiger charge is 2.31. The number of piperazine rings is 1. The van der Waals surface area contributed by atoms with Crippen LogP contribution in [-0.4, -0.2) is 94.2 Å². The van der Waals surface area contributed by atoms with Crippen LogP contribution in [0.25, 0.3) is 0 Å². The van der Waals surface area contributed by atoms with Crippen LogP contribution in [0.1, 0.15) is 11.1 Å². The van der Waals surface area contributed by atoms with Crippen molar-refractivity contribution in [2.75, 3.05) is 60.5 Å². The molecule has 1 heterocycles. The summed E-state index contributed by atoms with van der Waals surface area (Å²) in [5.74, 6) is 0.386. The number of sulfonamides is 1. The molecule has 0 amide bonds. The monoisotopic (exact) mass is 385 g/mol. The number of likely N-dealkylation sites (N-methyl/N-ethyl adjacent to an activating group) is 1. The molecule has 1 unspecified atom stereocenters. The molecular formula is C18H31N3O4S. The van der Waals surface area contributed by atoms with Crippen molar-refractivity contribution in [2.45, 2.75) is 24.8 Å². The predicted molar refractivity (Wildman–Crippen MR) is 102 cm³/mol. The number of ether oxygens (including phenoxy) is 1. The van der Waals surface area contributed by atoms with Crippen LogP contribution in [0.3, 0.4) is 0 Å². The third-order valence-electron chi connectivity index (χ3n) is 4.77. The second-order valence-electron chi connectivity index (χ2n) is 7.21. The van der Waals surface area contributed by atoms with Gasteiger partial charge in [0.15, 0.2) is 0 Å². The summed E-state index contributed by atoms with van der Waals surface area (Å²) in [4.78, 5) is 4.28. The van der Waals surface area contributed by atoms with Gasteiger partial charge in [0.1, 0.15) is 10.6 Å². The van der Waals surface area contributed by atoms with Crippen molar-refractivity contribution < 1.29 is 18.3 Å². The molecule has 7 nitrogen and oxygen atoms in total. The Morgan fingerprint density at radius 1 is 1.15 bits per heavy atom. The Bertz CT molecular complexity index is 713. The average Bonchev–Trinajstić information content (AvgIpc) is 2.56. The zero-order valence-corrected chi connectivity index (χ0v) is 17.2. The number of benzene rings is 1. The summed E-state index contributed by atoms with van der Waals surface area (Å²) in [6.45, 7) is 7.02. The van der Waals surface area contributed by atoms with Gasteiger partial charge in [-0.2, -0.15) is 4.31 Å². The van der Waals surface area contributed by atoms with Crippen molar-refractivity contribution in [3.05, 3.63) is 23.3 Å². The van der Waals surface area contributed by atoms with Crippen LogP contribution in [-0.2, 0) is 10.0 Å². The highest BCUT2D eigenvalue weighted by Crippen LogP contribution is 2.30. The lowest BCUT2D eigenvalue weighted by Crippen LogP contribution is -2.51. The van der Waals surface area contributed by atoms with E-state index in [0.717, 1.165) is 11.1 Å². The molecule has 1 fully saturated rings. The molecule has 1 atom stereocenters. The first-order valence-electron chi connectivity index (χ1n) is 8.85. The molecule has 0 aliphatic carbocycles. The molecule has 0 spiro atoms. The van der Waals surface area contributed by atoms with E-state index in [0.29, 0.717) is 45.0 Å². The van der Waals surface area contributed by atoms with Crippen LogP contribution in [0.4, 0.5) is 0 Å². The molecule has 2 rings (SSSR count). The van der Waals surface area contributed by atoms with Crippen molar-refractivity contribution in [3.63, 3.8) is 0 Å². The van der Waals surface area contributed by atoms with Gasteiger partial charge in [-0.05, 0) is 51.2 Å². The summed E-state index contributed by atoms with van der Waals surface area (Å²) < 4.78 is 33.0. The molecule has 1 aliphatic heterocycles. The first-order chi connectivity index (χ1) is 12.1. The second kappa shape index (κ2) is 8.67. The highest BCUT2D eigenvalue weighted by atomic mass is 32.2. The van der Waals surface area contributed by atoms with E-state index >= 15 is 0 Å². The van der Waals surface area contributed by atoms with Gasteiger partial charge in [0.2, 0.25) is 10.0 Å². The summed E-state index contributed by atoms with van der Waals surface area (Å²) >= 11 is 0. The molecule has 26 heavy (non-hydrogen) atoms. The van der Waals surface area contributed by atoms with E-state index in [1.807, 2.05) is 32.8 Å². The molecule has 1 N–H and O–H groups in total. The summed E-state index contributed by atoms with van der Waals surface area (Å²) in [5, 5.41) is 10.1. The number of hydrogen-bond donors (Lipinski definition) is 1. The third-order valence-corrected chi connectivity index (χ3v) is 6.69. The first kappa shape index (κ1) is 21.1. The van der Waals surface area contributed by atoms with E-state index in [-0.39, 0.29) is 4.90 Å². The minimum atomic E-state index is -3.60. The topological polar surface area (TPSA) is 73.3 Å². The van der Waals surface area contributed by atoms with Crippen LogP contribution >= 0.6 is 0 Å². The van der Waals surface area contributed by atoms with Gasteiger partial charge >= 0.3 is 0 Å². The van der Waals surface area contributed by atoms with Crippen molar-refractivity contribution in [3.8, 4) is 5.75 Å². The number of aliphatic hydroxyl groups excluding tert-OH is 1. The van der Waals surface area contributed by atoms with Crippen molar-refractivity contribution >= 4 is 10.0 Å². The van der Waals surface area contributed by atoms with E-state index in [1.54, 1.807) is 12.1 Å². The number of hydrogen-bond acceptors (Lipinski definition) is 6. The van der Waals surface area contributed by atoms with Crippen LogP contribution < -0.4 is 4.74 Å². The molecule has 0 radical (unpaired) electrons. The normalized spacial score (nSPS) is 18.3. The lowest BCUT2D eigenvalue weighted by molar-refractivity contribution is 0.0738. The van der Waals surface area contributed by atoms with E-state index in [1.165, 1.54) is 11.4 Å².